The third-order valence-corrected chi connectivity index (χ3v) is 5.29. The van der Waals surface area contributed by atoms with E-state index in [-0.39, 0.29) is 17.7 Å². The van der Waals surface area contributed by atoms with Gasteiger partial charge in [-0.3, -0.25) is 9.59 Å². The van der Waals surface area contributed by atoms with E-state index >= 15 is 0 Å². The number of carbonyl (C=O) groups excluding carboxylic acids is 2. The fourth-order valence-electron chi connectivity index (χ4n) is 2.72. The number of likely N-dealkylation sites (tertiary alicyclic amines) is 1. The Labute approximate surface area is 136 Å². The average Bonchev–Trinajstić information content (AvgIpc) is 2.85. The quantitative estimate of drug-likeness (QED) is 0.873. The third-order valence-electron chi connectivity index (χ3n) is 4.08. The first-order chi connectivity index (χ1) is 10.5. The maximum atomic E-state index is 12.3. The van der Waals surface area contributed by atoms with E-state index in [1.165, 1.54) is 0 Å². The van der Waals surface area contributed by atoms with Crippen LogP contribution in [0.1, 0.15) is 48.7 Å². The topological polar surface area (TPSA) is 62.3 Å². The van der Waals surface area contributed by atoms with Gasteiger partial charge in [-0.2, -0.15) is 0 Å². The number of nitrogens with one attached hydrogen (secondary N) is 1. The number of carbonyl (C=O) groups is 2. The standard InChI is InChI=1S/C16H25N3O2S/c1-4-6-14-18-11(3)13(22-14)9-17-16(21)12-7-8-15(20)19(5-2)10-12/h12H,4-10H2,1-3H3,(H,17,21). The Hall–Kier alpha value is -1.43. The molecule has 2 rings (SSSR count). The van der Waals surface area contributed by atoms with Crippen LogP contribution in [0.2, 0.25) is 0 Å². The normalized spacial score (nSPS) is 18.6. The predicted octanol–water partition coefficient (Wildman–Crippen LogP) is 2.28. The number of aromatic nitrogens is 1. The summed E-state index contributed by atoms with van der Waals surface area (Å²) in [4.78, 5) is 31.4. The zero-order valence-corrected chi connectivity index (χ0v) is 14.5. The molecule has 1 aliphatic heterocycles. The Bertz CT molecular complexity index is 541. The van der Waals surface area contributed by atoms with Crippen LogP contribution in [0, 0.1) is 12.8 Å². The molecule has 1 aromatic heterocycles. The van der Waals surface area contributed by atoms with Crippen molar-refractivity contribution < 1.29 is 9.59 Å². The summed E-state index contributed by atoms with van der Waals surface area (Å²) in [6, 6.07) is 0. The van der Waals surface area contributed by atoms with Crippen LogP contribution < -0.4 is 5.32 Å². The van der Waals surface area contributed by atoms with Crippen LogP contribution >= 0.6 is 11.3 Å². The molecule has 1 atom stereocenters. The van der Waals surface area contributed by atoms with Gasteiger partial charge in [0, 0.05) is 24.4 Å². The molecule has 0 aliphatic carbocycles. The lowest BCUT2D eigenvalue weighted by molar-refractivity contribution is -0.138. The third kappa shape index (κ3) is 4.06. The van der Waals surface area contributed by atoms with E-state index in [0.717, 1.165) is 28.4 Å². The molecule has 122 valence electrons. The average molecular weight is 323 g/mol. The summed E-state index contributed by atoms with van der Waals surface area (Å²) in [5.74, 6) is 0.130. The second-order valence-corrected chi connectivity index (χ2v) is 6.92. The minimum Gasteiger partial charge on any atom is -0.351 e. The van der Waals surface area contributed by atoms with E-state index in [4.69, 9.17) is 0 Å². The molecule has 1 N–H and O–H groups in total. The van der Waals surface area contributed by atoms with E-state index in [0.29, 0.717) is 32.5 Å². The van der Waals surface area contributed by atoms with Crippen LogP contribution in [0.4, 0.5) is 0 Å². The molecule has 0 bridgehead atoms. The van der Waals surface area contributed by atoms with E-state index in [9.17, 15) is 9.59 Å². The lowest BCUT2D eigenvalue weighted by Crippen LogP contribution is -2.45. The van der Waals surface area contributed by atoms with Crippen molar-refractivity contribution in [1.29, 1.82) is 0 Å². The summed E-state index contributed by atoms with van der Waals surface area (Å²) in [6.07, 6.45) is 3.22. The summed E-state index contributed by atoms with van der Waals surface area (Å²) in [6.45, 7) is 7.86. The number of hydrogen-bond acceptors (Lipinski definition) is 4. The summed E-state index contributed by atoms with van der Waals surface area (Å²) >= 11 is 1.69. The van der Waals surface area contributed by atoms with Crippen molar-refractivity contribution in [2.75, 3.05) is 13.1 Å². The molecule has 22 heavy (non-hydrogen) atoms. The molecule has 2 heterocycles. The van der Waals surface area contributed by atoms with Crippen molar-refractivity contribution in [2.45, 2.75) is 53.0 Å². The van der Waals surface area contributed by atoms with Gasteiger partial charge in [0.1, 0.15) is 0 Å². The summed E-state index contributed by atoms with van der Waals surface area (Å²) in [7, 11) is 0. The highest BCUT2D eigenvalue weighted by atomic mass is 32.1. The van der Waals surface area contributed by atoms with Crippen molar-refractivity contribution in [3.63, 3.8) is 0 Å². The molecule has 1 unspecified atom stereocenters. The smallest absolute Gasteiger partial charge is 0.225 e. The largest absolute Gasteiger partial charge is 0.351 e. The van der Waals surface area contributed by atoms with Gasteiger partial charge in [0.25, 0.3) is 0 Å². The zero-order chi connectivity index (χ0) is 16.1. The number of nitrogens with zero attached hydrogens (tertiary/aromatic N) is 2. The Morgan fingerprint density at radius 1 is 1.45 bits per heavy atom. The molecular weight excluding hydrogens is 298 g/mol. The second-order valence-electron chi connectivity index (χ2n) is 5.75. The van der Waals surface area contributed by atoms with Crippen LogP contribution in [0.5, 0.6) is 0 Å². The molecule has 0 spiro atoms. The number of piperidine rings is 1. The molecular formula is C16H25N3O2S. The van der Waals surface area contributed by atoms with Crippen molar-refractivity contribution in [1.82, 2.24) is 15.2 Å². The van der Waals surface area contributed by atoms with Gasteiger partial charge >= 0.3 is 0 Å². The van der Waals surface area contributed by atoms with Crippen molar-refractivity contribution in [3.8, 4) is 0 Å². The fourth-order valence-corrected chi connectivity index (χ4v) is 3.83. The van der Waals surface area contributed by atoms with Gasteiger partial charge in [0.2, 0.25) is 11.8 Å². The number of hydrogen-bond donors (Lipinski definition) is 1. The molecule has 0 aromatic carbocycles. The maximum Gasteiger partial charge on any atom is 0.225 e. The summed E-state index contributed by atoms with van der Waals surface area (Å²) < 4.78 is 0. The van der Waals surface area contributed by atoms with E-state index < -0.39 is 0 Å². The Morgan fingerprint density at radius 2 is 2.23 bits per heavy atom. The molecule has 5 nitrogen and oxygen atoms in total. The van der Waals surface area contributed by atoms with Crippen molar-refractivity contribution >= 4 is 23.2 Å². The summed E-state index contributed by atoms with van der Waals surface area (Å²) in [5.41, 5.74) is 1.02. The predicted molar refractivity (Wildman–Crippen MR) is 87.7 cm³/mol. The van der Waals surface area contributed by atoms with Crippen molar-refractivity contribution in [3.05, 3.63) is 15.6 Å². The Balaban J connectivity index is 1.88. The molecule has 0 radical (unpaired) electrons. The maximum absolute atomic E-state index is 12.3. The van der Waals surface area contributed by atoms with Crippen LogP contribution in [0.25, 0.3) is 0 Å². The fraction of sp³-hybridized carbons (Fsp3) is 0.688. The first kappa shape index (κ1) is 16.9. The molecule has 1 aliphatic rings. The molecule has 1 saturated heterocycles. The van der Waals surface area contributed by atoms with E-state index in [2.05, 4.69) is 17.2 Å². The molecule has 2 amide bonds. The van der Waals surface area contributed by atoms with Gasteiger partial charge < -0.3 is 10.2 Å². The van der Waals surface area contributed by atoms with Gasteiger partial charge in [0.05, 0.1) is 23.2 Å². The minimum atomic E-state index is -0.0824. The molecule has 6 heteroatoms. The lowest BCUT2D eigenvalue weighted by Gasteiger charge is -2.30. The SMILES string of the molecule is CCCc1nc(C)c(CNC(=O)C2CCC(=O)N(CC)C2)s1. The van der Waals surface area contributed by atoms with Crippen LogP contribution in [0.15, 0.2) is 0 Å². The number of rotatable bonds is 6. The summed E-state index contributed by atoms with van der Waals surface area (Å²) in [5, 5.41) is 4.16. The molecule has 1 fully saturated rings. The van der Waals surface area contributed by atoms with Crippen LogP contribution in [-0.2, 0) is 22.6 Å². The van der Waals surface area contributed by atoms with Gasteiger partial charge in [-0.05, 0) is 33.1 Å². The number of thiazole rings is 1. The minimum absolute atomic E-state index is 0.0517. The van der Waals surface area contributed by atoms with Crippen LogP contribution in [-0.4, -0.2) is 34.8 Å². The lowest BCUT2D eigenvalue weighted by atomic mass is 9.96. The van der Waals surface area contributed by atoms with Crippen molar-refractivity contribution in [2.24, 2.45) is 5.92 Å². The zero-order valence-electron chi connectivity index (χ0n) is 13.6. The Kier molecular flexibility index (Phi) is 5.94. The van der Waals surface area contributed by atoms with Gasteiger partial charge in [-0.15, -0.1) is 11.3 Å². The highest BCUT2D eigenvalue weighted by Gasteiger charge is 2.29. The number of aryl methyl sites for hydroxylation is 2. The molecule has 0 saturated carbocycles. The monoisotopic (exact) mass is 323 g/mol. The highest BCUT2D eigenvalue weighted by Crippen LogP contribution is 2.21. The first-order valence-electron chi connectivity index (χ1n) is 8.05. The second kappa shape index (κ2) is 7.72. The van der Waals surface area contributed by atoms with E-state index in [1.807, 2.05) is 13.8 Å². The number of amides is 2. The van der Waals surface area contributed by atoms with Gasteiger partial charge in [0.15, 0.2) is 0 Å². The first-order valence-corrected chi connectivity index (χ1v) is 8.87. The highest BCUT2D eigenvalue weighted by molar-refractivity contribution is 7.11. The molecule has 1 aromatic rings. The van der Waals surface area contributed by atoms with Gasteiger partial charge in [-0.1, -0.05) is 6.92 Å². The van der Waals surface area contributed by atoms with Gasteiger partial charge in [-0.25, -0.2) is 4.98 Å². The van der Waals surface area contributed by atoms with E-state index in [1.54, 1.807) is 16.2 Å². The Morgan fingerprint density at radius 3 is 2.91 bits per heavy atom. The van der Waals surface area contributed by atoms with Crippen LogP contribution in [0.3, 0.4) is 0 Å².